The second-order valence-electron chi connectivity index (χ2n) is 6.32. The molecule has 1 aliphatic carbocycles. The van der Waals surface area contributed by atoms with E-state index in [9.17, 15) is 0 Å². The number of hydrogen-bond acceptors (Lipinski definition) is 4. The lowest BCUT2D eigenvalue weighted by atomic mass is 10.0. The fourth-order valence-corrected chi connectivity index (χ4v) is 3.30. The van der Waals surface area contributed by atoms with Crippen LogP contribution in [-0.4, -0.2) is 37.7 Å². The molecule has 2 fully saturated rings. The highest BCUT2D eigenvalue weighted by Gasteiger charge is 2.37. The Labute approximate surface area is 121 Å². The second kappa shape index (κ2) is 5.88. The van der Waals surface area contributed by atoms with Crippen LogP contribution < -0.4 is 5.73 Å². The van der Waals surface area contributed by atoms with Gasteiger partial charge in [0.2, 0.25) is 0 Å². The summed E-state index contributed by atoms with van der Waals surface area (Å²) in [6.45, 7) is 4.59. The molecule has 2 N–H and O–H groups in total. The van der Waals surface area contributed by atoms with E-state index < -0.39 is 0 Å². The molecule has 3 rings (SSSR count). The summed E-state index contributed by atoms with van der Waals surface area (Å²) in [6.07, 6.45) is 3.43. The average molecular weight is 278 g/mol. The largest absolute Gasteiger partial charge is 0.464 e. The van der Waals surface area contributed by atoms with Crippen LogP contribution in [-0.2, 0) is 4.74 Å². The van der Waals surface area contributed by atoms with E-state index in [2.05, 4.69) is 31.0 Å². The van der Waals surface area contributed by atoms with Crippen LogP contribution in [0.3, 0.4) is 0 Å². The van der Waals surface area contributed by atoms with Gasteiger partial charge in [-0.25, -0.2) is 0 Å². The Morgan fingerprint density at radius 3 is 2.65 bits per heavy atom. The van der Waals surface area contributed by atoms with Gasteiger partial charge in [-0.3, -0.25) is 4.90 Å². The summed E-state index contributed by atoms with van der Waals surface area (Å²) in [6, 6.07) is 4.99. The fourth-order valence-electron chi connectivity index (χ4n) is 3.30. The van der Waals surface area contributed by atoms with E-state index >= 15 is 0 Å². The van der Waals surface area contributed by atoms with Gasteiger partial charge in [0.15, 0.2) is 0 Å². The minimum Gasteiger partial charge on any atom is -0.464 e. The molecule has 112 valence electrons. The molecule has 1 saturated carbocycles. The highest BCUT2D eigenvalue weighted by atomic mass is 16.5. The summed E-state index contributed by atoms with van der Waals surface area (Å²) >= 11 is 0. The van der Waals surface area contributed by atoms with Gasteiger partial charge in [0.05, 0.1) is 6.04 Å². The quantitative estimate of drug-likeness (QED) is 0.899. The number of likely N-dealkylation sites (N-methyl/N-ethyl adjacent to an activating group) is 1. The number of nitrogens with zero attached hydrogens (tertiary/aromatic N) is 1. The van der Waals surface area contributed by atoms with E-state index in [1.54, 1.807) is 0 Å². The van der Waals surface area contributed by atoms with Crippen LogP contribution in [0.4, 0.5) is 0 Å². The molecule has 3 unspecified atom stereocenters. The molecule has 3 atom stereocenters. The van der Waals surface area contributed by atoms with E-state index in [-0.39, 0.29) is 6.04 Å². The zero-order valence-electron chi connectivity index (χ0n) is 12.5. The van der Waals surface area contributed by atoms with Crippen molar-refractivity contribution < 1.29 is 9.15 Å². The lowest BCUT2D eigenvalue weighted by Gasteiger charge is -2.35. The number of hydrogen-bond donors (Lipinski definition) is 1. The van der Waals surface area contributed by atoms with Gasteiger partial charge < -0.3 is 14.9 Å². The van der Waals surface area contributed by atoms with Crippen LogP contribution >= 0.6 is 0 Å². The predicted octanol–water partition coefficient (Wildman–Crippen LogP) is 2.51. The lowest BCUT2D eigenvalue weighted by molar-refractivity contribution is 0.0258. The number of nitrogens with two attached hydrogens (primary N) is 1. The molecule has 4 nitrogen and oxygen atoms in total. The molecular weight excluding hydrogens is 252 g/mol. The maximum atomic E-state index is 6.09. The Kier molecular flexibility index (Phi) is 4.15. The normalized spacial score (nSPS) is 28.8. The molecule has 0 spiro atoms. The maximum absolute atomic E-state index is 6.09. The molecule has 4 heteroatoms. The summed E-state index contributed by atoms with van der Waals surface area (Å²) in [5, 5.41) is 0. The van der Waals surface area contributed by atoms with Crippen molar-refractivity contribution in [1.82, 2.24) is 4.90 Å². The van der Waals surface area contributed by atoms with Crippen molar-refractivity contribution in [1.29, 1.82) is 0 Å². The van der Waals surface area contributed by atoms with Crippen LogP contribution in [0.5, 0.6) is 0 Å². The molecular formula is C16H26N2O2. The van der Waals surface area contributed by atoms with E-state index in [0.717, 1.165) is 43.5 Å². The van der Waals surface area contributed by atoms with Gasteiger partial charge in [-0.15, -0.1) is 0 Å². The molecule has 0 radical (unpaired) electrons. The van der Waals surface area contributed by atoms with Gasteiger partial charge in [0.25, 0.3) is 0 Å². The fraction of sp³-hybridized carbons (Fsp3) is 0.750. The predicted molar refractivity (Wildman–Crippen MR) is 78.6 cm³/mol. The second-order valence-corrected chi connectivity index (χ2v) is 6.32. The SMILES string of the molecule is CC1CC1c1ccc(C(CN)N(C)C2CCOCC2)o1. The third-order valence-electron chi connectivity index (χ3n) is 4.93. The molecule has 1 saturated heterocycles. The van der Waals surface area contributed by atoms with Crippen molar-refractivity contribution in [2.45, 2.75) is 44.2 Å². The Hall–Kier alpha value is -0.840. The number of ether oxygens (including phenoxy) is 1. The first kappa shape index (κ1) is 14.1. The standard InChI is InChI=1S/C16H26N2O2/c1-11-9-13(11)15-3-4-16(20-15)14(10-17)18(2)12-5-7-19-8-6-12/h3-4,11-14H,5-10,17H2,1-2H3. The Morgan fingerprint density at radius 2 is 2.05 bits per heavy atom. The zero-order valence-corrected chi connectivity index (χ0v) is 12.5. The average Bonchev–Trinajstić information content (AvgIpc) is 3.02. The van der Waals surface area contributed by atoms with Crippen LogP contribution in [0.15, 0.2) is 16.5 Å². The zero-order chi connectivity index (χ0) is 14.1. The Bertz CT molecular complexity index is 439. The highest BCUT2D eigenvalue weighted by molar-refractivity contribution is 5.19. The van der Waals surface area contributed by atoms with Crippen molar-refractivity contribution in [3.05, 3.63) is 23.7 Å². The van der Waals surface area contributed by atoms with Gasteiger partial charge in [0.1, 0.15) is 11.5 Å². The molecule has 1 aromatic heterocycles. The van der Waals surface area contributed by atoms with Crippen molar-refractivity contribution in [2.75, 3.05) is 26.8 Å². The highest BCUT2D eigenvalue weighted by Crippen LogP contribution is 2.47. The minimum atomic E-state index is 0.181. The first-order valence-corrected chi connectivity index (χ1v) is 7.80. The van der Waals surface area contributed by atoms with Crippen molar-refractivity contribution in [2.24, 2.45) is 11.7 Å². The van der Waals surface area contributed by atoms with Crippen LogP contribution in [0.1, 0.15) is 49.7 Å². The van der Waals surface area contributed by atoms with E-state index in [1.165, 1.54) is 6.42 Å². The first-order chi connectivity index (χ1) is 9.70. The summed E-state index contributed by atoms with van der Waals surface area (Å²) in [7, 11) is 2.16. The molecule has 0 aromatic carbocycles. The monoisotopic (exact) mass is 278 g/mol. The summed E-state index contributed by atoms with van der Waals surface area (Å²) in [4.78, 5) is 2.38. The Morgan fingerprint density at radius 1 is 1.35 bits per heavy atom. The van der Waals surface area contributed by atoms with E-state index in [1.807, 2.05) is 0 Å². The van der Waals surface area contributed by atoms with Gasteiger partial charge in [-0.1, -0.05) is 6.92 Å². The molecule has 2 aliphatic rings. The summed E-state index contributed by atoms with van der Waals surface area (Å²) in [5.74, 6) is 3.58. The molecule has 1 aliphatic heterocycles. The Balaban J connectivity index is 1.69. The minimum absolute atomic E-state index is 0.181. The van der Waals surface area contributed by atoms with Gasteiger partial charge in [-0.2, -0.15) is 0 Å². The number of furan rings is 1. The van der Waals surface area contributed by atoms with Crippen LogP contribution in [0, 0.1) is 5.92 Å². The van der Waals surface area contributed by atoms with E-state index in [4.69, 9.17) is 14.9 Å². The lowest BCUT2D eigenvalue weighted by Crippen LogP contribution is -2.41. The third-order valence-corrected chi connectivity index (χ3v) is 4.93. The van der Waals surface area contributed by atoms with Crippen molar-refractivity contribution >= 4 is 0 Å². The maximum Gasteiger partial charge on any atom is 0.122 e. The van der Waals surface area contributed by atoms with Gasteiger partial charge in [-0.05, 0) is 44.4 Å². The summed E-state index contributed by atoms with van der Waals surface area (Å²) < 4.78 is 11.5. The van der Waals surface area contributed by atoms with Crippen molar-refractivity contribution in [3.63, 3.8) is 0 Å². The number of rotatable bonds is 5. The first-order valence-electron chi connectivity index (χ1n) is 7.80. The molecule has 0 bridgehead atoms. The summed E-state index contributed by atoms with van der Waals surface area (Å²) in [5.41, 5.74) is 6.01. The third kappa shape index (κ3) is 2.78. The van der Waals surface area contributed by atoms with Crippen molar-refractivity contribution in [3.8, 4) is 0 Å². The molecule has 1 aromatic rings. The topological polar surface area (TPSA) is 51.6 Å². The van der Waals surface area contributed by atoms with E-state index in [0.29, 0.717) is 18.5 Å². The van der Waals surface area contributed by atoms with Crippen LogP contribution in [0.2, 0.25) is 0 Å². The van der Waals surface area contributed by atoms with Gasteiger partial charge >= 0.3 is 0 Å². The molecule has 0 amide bonds. The van der Waals surface area contributed by atoms with Gasteiger partial charge in [0, 0.05) is 31.7 Å². The smallest absolute Gasteiger partial charge is 0.122 e. The molecule has 20 heavy (non-hydrogen) atoms. The van der Waals surface area contributed by atoms with Crippen LogP contribution in [0.25, 0.3) is 0 Å². The molecule has 2 heterocycles.